The Morgan fingerprint density at radius 3 is 2.32 bits per heavy atom. The molecule has 4 heteroatoms. The minimum absolute atomic E-state index is 0.213. The lowest BCUT2D eigenvalue weighted by Crippen LogP contribution is -2.10. The van der Waals surface area contributed by atoms with Crippen molar-refractivity contribution in [2.75, 3.05) is 6.61 Å². The van der Waals surface area contributed by atoms with Gasteiger partial charge in [0.2, 0.25) is 0 Å². The van der Waals surface area contributed by atoms with Crippen LogP contribution in [0.15, 0.2) is 62.0 Å². The van der Waals surface area contributed by atoms with E-state index in [-0.39, 0.29) is 11.9 Å². The third-order valence-corrected chi connectivity index (χ3v) is 6.25. The predicted octanol–water partition coefficient (Wildman–Crippen LogP) is 5.36. The zero-order valence-electron chi connectivity index (χ0n) is 12.7. The summed E-state index contributed by atoms with van der Waals surface area (Å²) in [5.74, 6) is 0.0484. The SMILES string of the molecule is CCC(COC(C)=O)c1ccc2c(c1)Sc1ccccc1S2. The first-order valence-corrected chi connectivity index (χ1v) is 9.02. The predicted molar refractivity (Wildman–Crippen MR) is 90.8 cm³/mol. The minimum Gasteiger partial charge on any atom is -0.465 e. The van der Waals surface area contributed by atoms with Crippen molar-refractivity contribution in [3.05, 3.63) is 48.0 Å². The van der Waals surface area contributed by atoms with E-state index < -0.39 is 0 Å². The van der Waals surface area contributed by atoms with E-state index in [9.17, 15) is 4.79 Å². The molecule has 3 rings (SSSR count). The number of fused-ring (bicyclic) bond motifs is 2. The Morgan fingerprint density at radius 2 is 1.68 bits per heavy atom. The number of esters is 1. The van der Waals surface area contributed by atoms with E-state index in [2.05, 4.69) is 49.4 Å². The summed E-state index contributed by atoms with van der Waals surface area (Å²) in [6, 6.07) is 15.1. The maximum absolute atomic E-state index is 11.0. The van der Waals surface area contributed by atoms with Crippen molar-refractivity contribution >= 4 is 29.5 Å². The number of ether oxygens (including phenoxy) is 1. The number of benzene rings is 2. The van der Waals surface area contributed by atoms with E-state index >= 15 is 0 Å². The van der Waals surface area contributed by atoms with Crippen molar-refractivity contribution in [2.24, 2.45) is 0 Å². The van der Waals surface area contributed by atoms with Gasteiger partial charge in [0.25, 0.3) is 0 Å². The van der Waals surface area contributed by atoms with Gasteiger partial charge < -0.3 is 4.74 Å². The van der Waals surface area contributed by atoms with Crippen LogP contribution in [0.2, 0.25) is 0 Å². The van der Waals surface area contributed by atoms with Crippen LogP contribution < -0.4 is 0 Å². The Kier molecular flexibility index (Phi) is 4.79. The zero-order valence-corrected chi connectivity index (χ0v) is 14.3. The lowest BCUT2D eigenvalue weighted by atomic mass is 9.97. The second kappa shape index (κ2) is 6.80. The van der Waals surface area contributed by atoms with Crippen LogP contribution in [0.4, 0.5) is 0 Å². The fraction of sp³-hybridized carbons (Fsp3) is 0.278. The highest BCUT2D eigenvalue weighted by Gasteiger charge is 2.19. The van der Waals surface area contributed by atoms with Crippen molar-refractivity contribution < 1.29 is 9.53 Å². The molecule has 0 bridgehead atoms. The largest absolute Gasteiger partial charge is 0.465 e. The summed E-state index contributed by atoms with van der Waals surface area (Å²) >= 11 is 3.64. The van der Waals surface area contributed by atoms with Crippen molar-refractivity contribution in [3.63, 3.8) is 0 Å². The number of hydrogen-bond acceptors (Lipinski definition) is 4. The average Bonchev–Trinajstić information content (AvgIpc) is 2.53. The first-order chi connectivity index (χ1) is 10.7. The summed E-state index contributed by atoms with van der Waals surface area (Å²) in [6.07, 6.45) is 0.959. The third-order valence-electron chi connectivity index (χ3n) is 3.71. The average molecular weight is 330 g/mol. The standard InChI is InChI=1S/C18H18O2S2/c1-3-13(11-20-12(2)19)14-8-9-17-18(10-14)22-16-7-5-4-6-15(16)21-17/h4-10,13H,3,11H2,1-2H3. The summed E-state index contributed by atoms with van der Waals surface area (Å²) < 4.78 is 5.20. The molecule has 0 radical (unpaired) electrons. The molecule has 114 valence electrons. The van der Waals surface area contributed by atoms with Crippen molar-refractivity contribution in [2.45, 2.75) is 45.8 Å². The van der Waals surface area contributed by atoms with Crippen molar-refractivity contribution in [1.82, 2.24) is 0 Å². The molecule has 0 aliphatic carbocycles. The molecule has 0 aromatic heterocycles. The smallest absolute Gasteiger partial charge is 0.302 e. The van der Waals surface area contributed by atoms with Crippen LogP contribution in [0.25, 0.3) is 0 Å². The number of carbonyl (C=O) groups is 1. The van der Waals surface area contributed by atoms with Gasteiger partial charge in [-0.25, -0.2) is 0 Å². The van der Waals surface area contributed by atoms with Gasteiger partial charge in [-0.3, -0.25) is 4.79 Å². The molecule has 2 aromatic carbocycles. The van der Waals surface area contributed by atoms with Crippen LogP contribution in [-0.4, -0.2) is 12.6 Å². The van der Waals surface area contributed by atoms with Gasteiger partial charge in [-0.05, 0) is 36.2 Å². The van der Waals surface area contributed by atoms with Crippen LogP contribution in [0, 0.1) is 0 Å². The first-order valence-electron chi connectivity index (χ1n) is 7.39. The Morgan fingerprint density at radius 1 is 1.05 bits per heavy atom. The van der Waals surface area contributed by atoms with Gasteiger partial charge in [0.05, 0.1) is 6.61 Å². The lowest BCUT2D eigenvalue weighted by Gasteiger charge is -2.21. The summed E-state index contributed by atoms with van der Waals surface area (Å²) in [5, 5.41) is 0. The molecule has 22 heavy (non-hydrogen) atoms. The molecular formula is C18H18O2S2. The van der Waals surface area contributed by atoms with E-state index in [1.165, 1.54) is 32.1 Å². The molecule has 1 atom stereocenters. The Labute approximate surface area is 139 Å². The Hall–Kier alpha value is -1.39. The summed E-state index contributed by atoms with van der Waals surface area (Å²) in [7, 11) is 0. The number of carbonyl (C=O) groups excluding carboxylic acids is 1. The summed E-state index contributed by atoms with van der Waals surface area (Å²) in [5.41, 5.74) is 1.25. The molecular weight excluding hydrogens is 312 g/mol. The highest BCUT2D eigenvalue weighted by molar-refractivity contribution is 8.05. The van der Waals surface area contributed by atoms with Crippen molar-refractivity contribution in [3.8, 4) is 0 Å². The van der Waals surface area contributed by atoms with Gasteiger partial charge in [0.15, 0.2) is 0 Å². The fourth-order valence-electron chi connectivity index (χ4n) is 2.47. The van der Waals surface area contributed by atoms with Gasteiger partial charge in [0, 0.05) is 32.4 Å². The fourth-order valence-corrected chi connectivity index (χ4v) is 4.73. The molecule has 1 aliphatic heterocycles. The zero-order chi connectivity index (χ0) is 15.5. The van der Waals surface area contributed by atoms with Gasteiger partial charge in [-0.2, -0.15) is 0 Å². The van der Waals surface area contributed by atoms with Crippen LogP contribution in [0.3, 0.4) is 0 Å². The summed E-state index contributed by atoms with van der Waals surface area (Å²) in [4.78, 5) is 16.3. The molecule has 0 N–H and O–H groups in total. The molecule has 0 amide bonds. The molecule has 0 spiro atoms. The van der Waals surface area contributed by atoms with E-state index in [0.717, 1.165) is 6.42 Å². The Bertz CT molecular complexity index is 697. The van der Waals surface area contributed by atoms with E-state index in [0.29, 0.717) is 6.61 Å². The maximum Gasteiger partial charge on any atom is 0.302 e. The number of hydrogen-bond donors (Lipinski definition) is 0. The first kappa shape index (κ1) is 15.5. The molecule has 2 nitrogen and oxygen atoms in total. The van der Waals surface area contributed by atoms with E-state index in [4.69, 9.17) is 4.74 Å². The highest BCUT2D eigenvalue weighted by atomic mass is 32.2. The monoisotopic (exact) mass is 330 g/mol. The van der Waals surface area contributed by atoms with Gasteiger partial charge in [-0.15, -0.1) is 0 Å². The van der Waals surface area contributed by atoms with E-state index in [1.54, 1.807) is 0 Å². The van der Waals surface area contributed by atoms with Crippen LogP contribution >= 0.6 is 23.5 Å². The highest BCUT2D eigenvalue weighted by Crippen LogP contribution is 2.48. The molecule has 0 fully saturated rings. The Balaban J connectivity index is 1.84. The lowest BCUT2D eigenvalue weighted by molar-refractivity contribution is -0.141. The van der Waals surface area contributed by atoms with Gasteiger partial charge >= 0.3 is 5.97 Å². The topological polar surface area (TPSA) is 26.3 Å². The molecule has 1 heterocycles. The van der Waals surface area contributed by atoms with Gasteiger partial charge in [-0.1, -0.05) is 48.6 Å². The molecule has 2 aromatic rings. The second-order valence-corrected chi connectivity index (χ2v) is 7.43. The molecule has 1 unspecified atom stereocenters. The van der Waals surface area contributed by atoms with Crippen LogP contribution in [0.1, 0.15) is 31.7 Å². The molecule has 1 aliphatic rings. The van der Waals surface area contributed by atoms with Crippen LogP contribution in [-0.2, 0) is 9.53 Å². The molecule has 0 saturated carbocycles. The molecule has 0 saturated heterocycles. The summed E-state index contributed by atoms with van der Waals surface area (Å²) in [6.45, 7) is 4.05. The van der Waals surface area contributed by atoms with Crippen LogP contribution in [0.5, 0.6) is 0 Å². The number of rotatable bonds is 4. The maximum atomic E-state index is 11.0. The third kappa shape index (κ3) is 3.33. The second-order valence-electron chi connectivity index (χ2n) is 5.26. The van der Waals surface area contributed by atoms with E-state index in [1.807, 2.05) is 23.5 Å². The quantitative estimate of drug-likeness (QED) is 0.602. The van der Waals surface area contributed by atoms with Crippen molar-refractivity contribution in [1.29, 1.82) is 0 Å². The minimum atomic E-state index is -0.213. The normalized spacial score (nSPS) is 13.9. The van der Waals surface area contributed by atoms with Gasteiger partial charge in [0.1, 0.15) is 0 Å².